The number of hydrogen-bond acceptors (Lipinski definition) is 3. The Labute approximate surface area is 148 Å². The van der Waals surface area contributed by atoms with E-state index in [4.69, 9.17) is 5.11 Å². The van der Waals surface area contributed by atoms with E-state index in [-0.39, 0.29) is 24.2 Å². The molecule has 25 heavy (non-hydrogen) atoms. The maximum absolute atomic E-state index is 12.5. The van der Waals surface area contributed by atoms with Crippen molar-refractivity contribution in [3.8, 4) is 0 Å². The minimum Gasteiger partial charge on any atom is -0.481 e. The Morgan fingerprint density at radius 3 is 2.40 bits per heavy atom. The Bertz CT molecular complexity index is 678. The summed E-state index contributed by atoms with van der Waals surface area (Å²) >= 11 is 0. The van der Waals surface area contributed by atoms with Crippen molar-refractivity contribution in [2.45, 2.75) is 58.4 Å². The molecule has 0 aliphatic heterocycles. The van der Waals surface area contributed by atoms with Gasteiger partial charge in [0.15, 0.2) is 0 Å². The van der Waals surface area contributed by atoms with Crippen LogP contribution in [-0.2, 0) is 9.59 Å². The molecule has 0 bridgehead atoms. The zero-order chi connectivity index (χ0) is 18.6. The Kier molecular flexibility index (Phi) is 5.82. The number of benzene rings is 1. The van der Waals surface area contributed by atoms with E-state index < -0.39 is 11.5 Å². The molecule has 0 heterocycles. The van der Waals surface area contributed by atoms with Gasteiger partial charge in [-0.05, 0) is 55.9 Å². The average Bonchev–Trinajstić information content (AvgIpc) is 2.45. The van der Waals surface area contributed by atoms with Crippen LogP contribution in [0.4, 0.5) is 5.69 Å². The minimum atomic E-state index is -0.903. The van der Waals surface area contributed by atoms with E-state index in [1.54, 1.807) is 18.2 Å². The maximum atomic E-state index is 12.5. The molecule has 6 nitrogen and oxygen atoms in total. The highest BCUT2D eigenvalue weighted by molar-refractivity contribution is 5.97. The Hall–Kier alpha value is -2.37. The van der Waals surface area contributed by atoms with Crippen LogP contribution in [0, 0.1) is 12.8 Å². The summed E-state index contributed by atoms with van der Waals surface area (Å²) in [6.07, 6.45) is 2.69. The third-order valence-electron chi connectivity index (χ3n) is 4.54. The van der Waals surface area contributed by atoms with E-state index in [2.05, 4.69) is 10.6 Å². The molecule has 1 aliphatic carbocycles. The van der Waals surface area contributed by atoms with Crippen molar-refractivity contribution in [2.24, 2.45) is 5.92 Å². The molecule has 2 rings (SSSR count). The lowest BCUT2D eigenvalue weighted by molar-refractivity contribution is -0.139. The van der Waals surface area contributed by atoms with Gasteiger partial charge in [0.2, 0.25) is 5.91 Å². The molecular formula is C19H26N2O4. The molecule has 0 saturated heterocycles. The third-order valence-corrected chi connectivity index (χ3v) is 4.54. The second-order valence-electron chi connectivity index (χ2n) is 7.33. The normalized spacial score (nSPS) is 15.4. The van der Waals surface area contributed by atoms with Gasteiger partial charge in [0, 0.05) is 17.7 Å². The van der Waals surface area contributed by atoms with Gasteiger partial charge in [0.05, 0.1) is 12.0 Å². The van der Waals surface area contributed by atoms with Crippen LogP contribution in [-0.4, -0.2) is 28.4 Å². The van der Waals surface area contributed by atoms with E-state index in [0.717, 1.165) is 12.0 Å². The molecule has 1 fully saturated rings. The number of carboxylic acid groups (broad SMARTS) is 1. The molecule has 0 spiro atoms. The van der Waals surface area contributed by atoms with Crippen molar-refractivity contribution in [3.05, 3.63) is 29.3 Å². The number of nitrogens with one attached hydrogen (secondary N) is 2. The average molecular weight is 346 g/mol. The number of hydrogen-bond donors (Lipinski definition) is 3. The van der Waals surface area contributed by atoms with E-state index in [1.807, 2.05) is 20.8 Å². The number of anilines is 1. The molecule has 3 N–H and O–H groups in total. The van der Waals surface area contributed by atoms with Crippen molar-refractivity contribution in [2.75, 3.05) is 5.32 Å². The van der Waals surface area contributed by atoms with Crippen LogP contribution >= 0.6 is 0 Å². The van der Waals surface area contributed by atoms with Crippen molar-refractivity contribution in [1.82, 2.24) is 5.32 Å². The summed E-state index contributed by atoms with van der Waals surface area (Å²) in [7, 11) is 0. The van der Waals surface area contributed by atoms with Gasteiger partial charge in [0.25, 0.3) is 5.91 Å². The second kappa shape index (κ2) is 7.68. The fourth-order valence-corrected chi connectivity index (χ4v) is 3.07. The molecule has 0 unspecified atom stereocenters. The first kappa shape index (κ1) is 19.0. The van der Waals surface area contributed by atoms with Crippen molar-refractivity contribution in [3.63, 3.8) is 0 Å². The molecule has 2 amide bonds. The van der Waals surface area contributed by atoms with Gasteiger partial charge in [-0.3, -0.25) is 14.4 Å². The molecule has 136 valence electrons. The summed E-state index contributed by atoms with van der Waals surface area (Å²) in [5.41, 5.74) is 1.33. The lowest BCUT2D eigenvalue weighted by atomic mass is 9.74. The highest BCUT2D eigenvalue weighted by Gasteiger charge is 2.40. The first-order valence-corrected chi connectivity index (χ1v) is 8.65. The zero-order valence-electron chi connectivity index (χ0n) is 15.0. The summed E-state index contributed by atoms with van der Waals surface area (Å²) < 4.78 is 0. The molecule has 6 heteroatoms. The number of amides is 2. The highest BCUT2D eigenvalue weighted by atomic mass is 16.4. The molecule has 1 aliphatic rings. The number of rotatable bonds is 7. The Balaban J connectivity index is 2.05. The Morgan fingerprint density at radius 1 is 1.24 bits per heavy atom. The predicted molar refractivity (Wildman–Crippen MR) is 95.6 cm³/mol. The fourth-order valence-electron chi connectivity index (χ4n) is 3.07. The molecule has 1 aromatic carbocycles. The summed E-state index contributed by atoms with van der Waals surface area (Å²) in [4.78, 5) is 35.4. The van der Waals surface area contributed by atoms with Crippen molar-refractivity contribution < 1.29 is 19.5 Å². The zero-order valence-corrected chi connectivity index (χ0v) is 15.0. The van der Waals surface area contributed by atoms with E-state index in [9.17, 15) is 14.4 Å². The van der Waals surface area contributed by atoms with E-state index in [1.165, 1.54) is 0 Å². The predicted octanol–water partition coefficient (Wildman–Crippen LogP) is 3.11. The largest absolute Gasteiger partial charge is 0.481 e. The first-order chi connectivity index (χ1) is 11.7. The summed E-state index contributed by atoms with van der Waals surface area (Å²) in [6.45, 7) is 5.79. The van der Waals surface area contributed by atoms with Gasteiger partial charge in [-0.1, -0.05) is 13.8 Å². The summed E-state index contributed by atoms with van der Waals surface area (Å²) in [6, 6.07) is 5.08. The molecule has 1 saturated carbocycles. The molecule has 1 aromatic rings. The van der Waals surface area contributed by atoms with Crippen LogP contribution in [0.25, 0.3) is 0 Å². The van der Waals surface area contributed by atoms with E-state index >= 15 is 0 Å². The maximum Gasteiger partial charge on any atom is 0.305 e. The molecule has 0 radical (unpaired) electrons. The van der Waals surface area contributed by atoms with E-state index in [0.29, 0.717) is 30.5 Å². The Morgan fingerprint density at radius 2 is 1.92 bits per heavy atom. The number of carbonyl (C=O) groups is 3. The van der Waals surface area contributed by atoms with Gasteiger partial charge in [-0.25, -0.2) is 0 Å². The molecular weight excluding hydrogens is 320 g/mol. The van der Waals surface area contributed by atoms with Crippen LogP contribution in [0.3, 0.4) is 0 Å². The number of carbonyl (C=O) groups excluding carboxylic acids is 2. The lowest BCUT2D eigenvalue weighted by Crippen LogP contribution is -2.54. The fraction of sp³-hybridized carbons (Fsp3) is 0.526. The molecule has 0 atom stereocenters. The van der Waals surface area contributed by atoms with Gasteiger partial charge in [-0.2, -0.15) is 0 Å². The summed E-state index contributed by atoms with van der Waals surface area (Å²) in [5, 5.41) is 14.8. The SMILES string of the molecule is Cc1cc(C(=O)NC2(CC(=O)O)CCC2)ccc1NC(=O)CC(C)C. The van der Waals surface area contributed by atoms with Gasteiger partial charge in [-0.15, -0.1) is 0 Å². The van der Waals surface area contributed by atoms with Crippen LogP contribution in [0.2, 0.25) is 0 Å². The van der Waals surface area contributed by atoms with Gasteiger partial charge < -0.3 is 15.7 Å². The second-order valence-corrected chi connectivity index (χ2v) is 7.33. The number of aliphatic carboxylic acids is 1. The highest BCUT2D eigenvalue weighted by Crippen LogP contribution is 2.35. The lowest BCUT2D eigenvalue weighted by Gasteiger charge is -2.41. The van der Waals surface area contributed by atoms with Gasteiger partial charge in [0.1, 0.15) is 0 Å². The smallest absolute Gasteiger partial charge is 0.305 e. The quantitative estimate of drug-likeness (QED) is 0.707. The monoisotopic (exact) mass is 346 g/mol. The van der Waals surface area contributed by atoms with Crippen LogP contribution in [0.5, 0.6) is 0 Å². The van der Waals surface area contributed by atoms with Crippen LogP contribution in [0.15, 0.2) is 18.2 Å². The van der Waals surface area contributed by atoms with Gasteiger partial charge >= 0.3 is 5.97 Å². The minimum absolute atomic E-state index is 0.0508. The third kappa shape index (κ3) is 5.05. The van der Waals surface area contributed by atoms with Crippen LogP contribution in [0.1, 0.15) is 61.9 Å². The molecule has 0 aromatic heterocycles. The number of aryl methyl sites for hydroxylation is 1. The van der Waals surface area contributed by atoms with Crippen molar-refractivity contribution >= 4 is 23.5 Å². The van der Waals surface area contributed by atoms with Crippen molar-refractivity contribution in [1.29, 1.82) is 0 Å². The van der Waals surface area contributed by atoms with Crippen LogP contribution < -0.4 is 10.6 Å². The standard InChI is InChI=1S/C19H26N2O4/c1-12(2)9-16(22)20-15-6-5-14(10-13(15)3)18(25)21-19(7-4-8-19)11-17(23)24/h5-6,10,12H,4,7-9,11H2,1-3H3,(H,20,22)(H,21,25)(H,23,24). The first-order valence-electron chi connectivity index (χ1n) is 8.65. The number of carboxylic acids is 1. The summed E-state index contributed by atoms with van der Waals surface area (Å²) in [5.74, 6) is -0.952. The topological polar surface area (TPSA) is 95.5 Å².